The summed E-state index contributed by atoms with van der Waals surface area (Å²) in [5, 5.41) is 3.23. The van der Waals surface area contributed by atoms with E-state index in [2.05, 4.69) is 5.32 Å². The average Bonchev–Trinajstić information content (AvgIpc) is 2.42. The van der Waals surface area contributed by atoms with Crippen LogP contribution in [0.1, 0.15) is 6.42 Å². The second kappa shape index (κ2) is 3.70. The zero-order chi connectivity index (χ0) is 10.2. The van der Waals surface area contributed by atoms with Crippen LogP contribution < -0.4 is 5.32 Å². The van der Waals surface area contributed by atoms with Crippen molar-refractivity contribution in [2.75, 3.05) is 32.7 Å². The summed E-state index contributed by atoms with van der Waals surface area (Å²) in [6.07, 6.45) is -3.01. The molecule has 2 rings (SSSR count). The minimum Gasteiger partial charge on any atom is -0.316 e. The van der Waals surface area contributed by atoms with Crippen molar-refractivity contribution in [3.63, 3.8) is 0 Å². The second-order valence-electron chi connectivity index (χ2n) is 4.32. The molecule has 2 heterocycles. The lowest BCUT2D eigenvalue weighted by Crippen LogP contribution is -2.35. The number of nitrogens with zero attached hydrogens (tertiary/aromatic N) is 1. The molecule has 0 aromatic carbocycles. The Kier molecular flexibility index (Phi) is 2.70. The predicted octanol–water partition coefficient (Wildman–Crippen LogP) is 1.09. The highest BCUT2D eigenvalue weighted by Crippen LogP contribution is 2.30. The molecule has 2 aliphatic heterocycles. The van der Waals surface area contributed by atoms with Crippen LogP contribution in [0.4, 0.5) is 13.2 Å². The molecular formula is C9H15F3N2. The Morgan fingerprint density at radius 1 is 1.21 bits per heavy atom. The molecule has 2 aliphatic rings. The summed E-state index contributed by atoms with van der Waals surface area (Å²) >= 11 is 0. The predicted molar refractivity (Wildman–Crippen MR) is 47.0 cm³/mol. The smallest absolute Gasteiger partial charge is 0.316 e. The minimum absolute atomic E-state index is 0.436. The first kappa shape index (κ1) is 10.2. The van der Waals surface area contributed by atoms with E-state index in [0.29, 0.717) is 24.9 Å². The summed E-state index contributed by atoms with van der Waals surface area (Å²) < 4.78 is 36.4. The van der Waals surface area contributed by atoms with Gasteiger partial charge in [-0.05, 0) is 31.3 Å². The first-order valence-electron chi connectivity index (χ1n) is 5.04. The van der Waals surface area contributed by atoms with E-state index in [-0.39, 0.29) is 0 Å². The molecule has 2 unspecified atom stereocenters. The van der Waals surface area contributed by atoms with Gasteiger partial charge < -0.3 is 5.32 Å². The summed E-state index contributed by atoms with van der Waals surface area (Å²) in [5.41, 5.74) is 0. The summed E-state index contributed by atoms with van der Waals surface area (Å²) in [7, 11) is 0. The van der Waals surface area contributed by atoms with Gasteiger partial charge in [-0.2, -0.15) is 13.2 Å². The van der Waals surface area contributed by atoms with E-state index in [1.807, 2.05) is 0 Å². The molecule has 0 radical (unpaired) electrons. The highest BCUT2D eigenvalue weighted by atomic mass is 19.4. The van der Waals surface area contributed by atoms with E-state index in [1.54, 1.807) is 4.90 Å². The van der Waals surface area contributed by atoms with Crippen molar-refractivity contribution >= 4 is 0 Å². The van der Waals surface area contributed by atoms with Gasteiger partial charge >= 0.3 is 6.18 Å². The van der Waals surface area contributed by atoms with Crippen molar-refractivity contribution in [3.05, 3.63) is 0 Å². The van der Waals surface area contributed by atoms with E-state index in [9.17, 15) is 13.2 Å². The fraction of sp³-hybridized carbons (Fsp3) is 1.00. The van der Waals surface area contributed by atoms with Crippen LogP contribution in [-0.2, 0) is 0 Å². The molecule has 0 spiro atoms. The van der Waals surface area contributed by atoms with Gasteiger partial charge in [0.1, 0.15) is 0 Å². The van der Waals surface area contributed by atoms with Gasteiger partial charge in [0.2, 0.25) is 0 Å². The Labute approximate surface area is 81.5 Å². The molecule has 2 atom stereocenters. The average molecular weight is 208 g/mol. The van der Waals surface area contributed by atoms with Crippen molar-refractivity contribution in [3.8, 4) is 0 Å². The van der Waals surface area contributed by atoms with Crippen LogP contribution in [0.15, 0.2) is 0 Å². The van der Waals surface area contributed by atoms with Crippen LogP contribution in [0, 0.1) is 11.8 Å². The Morgan fingerprint density at radius 2 is 1.93 bits per heavy atom. The summed E-state index contributed by atoms with van der Waals surface area (Å²) in [6.45, 7) is 2.35. The van der Waals surface area contributed by atoms with Gasteiger partial charge in [0.25, 0.3) is 0 Å². The Balaban J connectivity index is 1.87. The molecule has 0 bridgehead atoms. The molecule has 14 heavy (non-hydrogen) atoms. The Morgan fingerprint density at radius 3 is 2.57 bits per heavy atom. The number of fused-ring (bicyclic) bond motifs is 1. The maximum absolute atomic E-state index is 12.1. The van der Waals surface area contributed by atoms with E-state index in [1.165, 1.54) is 0 Å². The van der Waals surface area contributed by atoms with Gasteiger partial charge in [0.15, 0.2) is 0 Å². The van der Waals surface area contributed by atoms with Crippen molar-refractivity contribution < 1.29 is 13.2 Å². The number of hydrogen-bond acceptors (Lipinski definition) is 2. The molecule has 0 amide bonds. The molecule has 0 aromatic heterocycles. The van der Waals surface area contributed by atoms with Crippen LogP contribution in [0.5, 0.6) is 0 Å². The monoisotopic (exact) mass is 208 g/mol. The van der Waals surface area contributed by atoms with E-state index in [0.717, 1.165) is 19.5 Å². The molecular weight excluding hydrogens is 193 g/mol. The lowest BCUT2D eigenvalue weighted by molar-refractivity contribution is -0.144. The van der Waals surface area contributed by atoms with E-state index >= 15 is 0 Å². The first-order valence-corrected chi connectivity index (χ1v) is 5.04. The first-order chi connectivity index (χ1) is 6.54. The fourth-order valence-corrected chi connectivity index (χ4v) is 2.55. The summed E-state index contributed by atoms with van der Waals surface area (Å²) in [5.74, 6) is 0.921. The molecule has 0 saturated carbocycles. The van der Waals surface area contributed by atoms with E-state index < -0.39 is 12.7 Å². The zero-order valence-corrected chi connectivity index (χ0v) is 7.98. The quantitative estimate of drug-likeness (QED) is 0.694. The molecule has 0 aromatic rings. The van der Waals surface area contributed by atoms with Crippen molar-refractivity contribution in [1.29, 1.82) is 0 Å². The Hall–Kier alpha value is -0.290. The van der Waals surface area contributed by atoms with Crippen molar-refractivity contribution in [1.82, 2.24) is 10.2 Å². The van der Waals surface area contributed by atoms with Gasteiger partial charge in [-0.25, -0.2) is 0 Å². The van der Waals surface area contributed by atoms with Crippen molar-refractivity contribution in [2.24, 2.45) is 11.8 Å². The van der Waals surface area contributed by atoms with Crippen molar-refractivity contribution in [2.45, 2.75) is 12.6 Å². The van der Waals surface area contributed by atoms with Crippen LogP contribution >= 0.6 is 0 Å². The van der Waals surface area contributed by atoms with Gasteiger partial charge in [0, 0.05) is 13.1 Å². The third kappa shape index (κ3) is 2.39. The fourth-order valence-electron chi connectivity index (χ4n) is 2.55. The lowest BCUT2D eigenvalue weighted by Gasteiger charge is -2.24. The third-order valence-corrected chi connectivity index (χ3v) is 3.15. The maximum Gasteiger partial charge on any atom is 0.401 e. The van der Waals surface area contributed by atoms with Gasteiger partial charge in [-0.15, -0.1) is 0 Å². The number of rotatable bonds is 1. The third-order valence-electron chi connectivity index (χ3n) is 3.15. The number of alkyl halides is 3. The SMILES string of the molecule is FC(F)(F)CN1CC2CCNCC2C1. The van der Waals surface area contributed by atoms with Gasteiger partial charge in [-0.1, -0.05) is 0 Å². The normalized spacial score (nSPS) is 34.5. The lowest BCUT2D eigenvalue weighted by atomic mass is 9.90. The van der Waals surface area contributed by atoms with Gasteiger partial charge in [-0.3, -0.25) is 4.90 Å². The van der Waals surface area contributed by atoms with Crippen LogP contribution in [-0.4, -0.2) is 43.8 Å². The molecule has 2 fully saturated rings. The Bertz CT molecular complexity index is 191. The molecule has 2 nitrogen and oxygen atoms in total. The zero-order valence-electron chi connectivity index (χ0n) is 7.98. The maximum atomic E-state index is 12.1. The minimum atomic E-state index is -4.04. The molecule has 82 valence electrons. The number of piperidine rings is 1. The molecule has 2 saturated heterocycles. The second-order valence-corrected chi connectivity index (χ2v) is 4.32. The van der Waals surface area contributed by atoms with Gasteiger partial charge in [0.05, 0.1) is 6.54 Å². The van der Waals surface area contributed by atoms with Crippen LogP contribution in [0.25, 0.3) is 0 Å². The highest BCUT2D eigenvalue weighted by molar-refractivity contribution is 4.89. The van der Waals surface area contributed by atoms with Crippen LogP contribution in [0.2, 0.25) is 0 Å². The topological polar surface area (TPSA) is 15.3 Å². The summed E-state index contributed by atoms with van der Waals surface area (Å²) in [6, 6.07) is 0. The standard InChI is InChI=1S/C9H15F3N2/c10-9(11,12)6-14-4-7-1-2-13-3-8(7)5-14/h7-8,13H,1-6H2. The molecule has 1 N–H and O–H groups in total. The molecule has 0 aliphatic carbocycles. The highest BCUT2D eigenvalue weighted by Gasteiger charge is 2.39. The number of nitrogens with one attached hydrogen (secondary N) is 1. The number of likely N-dealkylation sites (tertiary alicyclic amines) is 1. The molecule has 5 heteroatoms. The summed E-state index contributed by atoms with van der Waals surface area (Å²) in [4.78, 5) is 1.54. The largest absolute Gasteiger partial charge is 0.401 e. The van der Waals surface area contributed by atoms with Crippen LogP contribution in [0.3, 0.4) is 0 Å². The van der Waals surface area contributed by atoms with E-state index in [4.69, 9.17) is 0 Å². The number of hydrogen-bond donors (Lipinski definition) is 1. The number of halogens is 3.